The second-order valence-electron chi connectivity index (χ2n) is 8.19. The predicted octanol–water partition coefficient (Wildman–Crippen LogP) is 5.68. The number of ether oxygens (including phenoxy) is 2. The summed E-state index contributed by atoms with van der Waals surface area (Å²) in [6.45, 7) is 0. The molecule has 0 saturated carbocycles. The lowest BCUT2D eigenvalue weighted by Crippen LogP contribution is -2.27. The van der Waals surface area contributed by atoms with E-state index in [0.29, 0.717) is 6.42 Å². The van der Waals surface area contributed by atoms with Crippen LogP contribution >= 0.6 is 0 Å². The summed E-state index contributed by atoms with van der Waals surface area (Å²) >= 11 is 0. The number of para-hydroxylation sites is 3. The van der Waals surface area contributed by atoms with Crippen LogP contribution in [0.25, 0.3) is 0 Å². The fourth-order valence-corrected chi connectivity index (χ4v) is 4.79. The van der Waals surface area contributed by atoms with E-state index in [-0.39, 0.29) is 17.7 Å². The highest BCUT2D eigenvalue weighted by molar-refractivity contribution is 6.01. The van der Waals surface area contributed by atoms with Gasteiger partial charge in [-0.15, -0.1) is 0 Å². The maximum absolute atomic E-state index is 13.6. The van der Waals surface area contributed by atoms with Crippen LogP contribution in [0.2, 0.25) is 0 Å². The van der Waals surface area contributed by atoms with Gasteiger partial charge in [-0.2, -0.15) is 0 Å². The van der Waals surface area contributed by atoms with Gasteiger partial charge in [-0.3, -0.25) is 4.79 Å². The van der Waals surface area contributed by atoms with E-state index in [4.69, 9.17) is 9.47 Å². The van der Waals surface area contributed by atoms with E-state index in [2.05, 4.69) is 16.7 Å². The number of methoxy groups -OCH3 is 2. The molecular weight excluding hydrogens is 400 g/mol. The second kappa shape index (κ2) is 8.42. The van der Waals surface area contributed by atoms with Crippen LogP contribution < -0.4 is 20.1 Å². The van der Waals surface area contributed by atoms with E-state index in [1.54, 1.807) is 14.2 Å². The molecule has 0 spiro atoms. The maximum Gasteiger partial charge on any atom is 0.163 e. The minimum absolute atomic E-state index is 0.0566. The molecular formula is C27H26N2O3. The van der Waals surface area contributed by atoms with Gasteiger partial charge in [0.15, 0.2) is 5.78 Å². The lowest BCUT2D eigenvalue weighted by molar-refractivity contribution is -0.116. The quantitative estimate of drug-likeness (QED) is 0.562. The lowest BCUT2D eigenvalue weighted by Gasteiger charge is -2.30. The van der Waals surface area contributed by atoms with Crippen molar-refractivity contribution in [3.63, 3.8) is 0 Å². The molecule has 162 valence electrons. The first-order chi connectivity index (χ1) is 15.7. The van der Waals surface area contributed by atoms with Crippen molar-refractivity contribution < 1.29 is 14.3 Å². The Hall–Kier alpha value is -3.73. The first-order valence-electron chi connectivity index (χ1n) is 10.8. The summed E-state index contributed by atoms with van der Waals surface area (Å²) < 4.78 is 11.0. The number of carbonyl (C=O) groups is 1. The number of benzene rings is 3. The van der Waals surface area contributed by atoms with Crippen molar-refractivity contribution >= 4 is 17.2 Å². The Morgan fingerprint density at radius 1 is 0.844 bits per heavy atom. The molecule has 5 nitrogen and oxygen atoms in total. The van der Waals surface area contributed by atoms with Crippen LogP contribution in [0.3, 0.4) is 0 Å². The molecule has 1 aliphatic carbocycles. The number of hydrogen-bond acceptors (Lipinski definition) is 5. The highest BCUT2D eigenvalue weighted by Gasteiger charge is 2.36. The average molecular weight is 427 g/mol. The largest absolute Gasteiger partial charge is 0.497 e. The van der Waals surface area contributed by atoms with Crippen molar-refractivity contribution in [2.75, 3.05) is 24.9 Å². The Labute approximate surface area is 188 Å². The molecule has 0 amide bonds. The first kappa shape index (κ1) is 20.2. The fraction of sp³-hybridized carbons (Fsp3) is 0.222. The van der Waals surface area contributed by atoms with Gasteiger partial charge >= 0.3 is 0 Å². The fourth-order valence-electron chi connectivity index (χ4n) is 4.79. The second-order valence-corrected chi connectivity index (χ2v) is 8.19. The molecule has 1 aliphatic heterocycles. The molecule has 0 saturated heterocycles. The monoisotopic (exact) mass is 426 g/mol. The summed E-state index contributed by atoms with van der Waals surface area (Å²) in [5, 5.41) is 7.19. The van der Waals surface area contributed by atoms with Gasteiger partial charge in [-0.25, -0.2) is 0 Å². The van der Waals surface area contributed by atoms with Gasteiger partial charge in [0.2, 0.25) is 0 Å². The third-order valence-electron chi connectivity index (χ3n) is 6.31. The van der Waals surface area contributed by atoms with Gasteiger partial charge in [-0.1, -0.05) is 42.5 Å². The Kier molecular flexibility index (Phi) is 5.31. The molecule has 2 atom stereocenters. The SMILES string of the molecule is COc1cccc(C2Nc3ccccc3NC3=C2C(=O)CC(c2ccccc2OC)C3)c1. The zero-order chi connectivity index (χ0) is 22.1. The summed E-state index contributed by atoms with van der Waals surface area (Å²) in [5.74, 6) is 1.79. The number of fused-ring (bicyclic) bond motifs is 1. The number of anilines is 2. The smallest absolute Gasteiger partial charge is 0.163 e. The van der Waals surface area contributed by atoms with Gasteiger partial charge in [0.1, 0.15) is 11.5 Å². The summed E-state index contributed by atoms with van der Waals surface area (Å²) in [5.41, 5.74) is 5.76. The van der Waals surface area contributed by atoms with E-state index in [1.807, 2.05) is 66.7 Å². The van der Waals surface area contributed by atoms with Crippen molar-refractivity contribution in [1.82, 2.24) is 0 Å². The zero-order valence-electron chi connectivity index (χ0n) is 18.2. The summed E-state index contributed by atoms with van der Waals surface area (Å²) in [6, 6.07) is 23.7. The number of allylic oxidation sites excluding steroid dienone is 1. The molecule has 0 fully saturated rings. The van der Waals surface area contributed by atoms with Crippen LogP contribution in [0, 0.1) is 0 Å². The van der Waals surface area contributed by atoms with Gasteiger partial charge < -0.3 is 20.1 Å². The Balaban J connectivity index is 1.62. The van der Waals surface area contributed by atoms with E-state index in [9.17, 15) is 4.79 Å². The van der Waals surface area contributed by atoms with Gasteiger partial charge in [0, 0.05) is 23.6 Å². The van der Waals surface area contributed by atoms with Crippen LogP contribution in [0.1, 0.15) is 35.9 Å². The van der Waals surface area contributed by atoms with Crippen LogP contribution in [-0.4, -0.2) is 20.0 Å². The first-order valence-corrected chi connectivity index (χ1v) is 10.8. The Morgan fingerprint density at radius 3 is 2.44 bits per heavy atom. The molecule has 2 aliphatic rings. The number of rotatable bonds is 4. The van der Waals surface area contributed by atoms with Crippen molar-refractivity contribution in [1.29, 1.82) is 0 Å². The number of carbonyl (C=O) groups excluding carboxylic acids is 1. The molecule has 0 bridgehead atoms. The highest BCUT2D eigenvalue weighted by Crippen LogP contribution is 2.45. The van der Waals surface area contributed by atoms with Crippen LogP contribution in [0.5, 0.6) is 11.5 Å². The normalized spacial score (nSPS) is 19.8. The molecule has 0 radical (unpaired) electrons. The van der Waals surface area contributed by atoms with E-state index in [1.165, 1.54) is 0 Å². The van der Waals surface area contributed by atoms with Crippen LogP contribution in [0.4, 0.5) is 11.4 Å². The van der Waals surface area contributed by atoms with Crippen LogP contribution in [-0.2, 0) is 4.79 Å². The lowest BCUT2D eigenvalue weighted by atomic mass is 9.78. The molecule has 3 aromatic rings. The number of hydrogen-bond donors (Lipinski definition) is 2. The summed E-state index contributed by atoms with van der Waals surface area (Å²) in [4.78, 5) is 13.6. The maximum atomic E-state index is 13.6. The number of ketones is 1. The molecule has 1 heterocycles. The van der Waals surface area contributed by atoms with Crippen molar-refractivity contribution in [2.24, 2.45) is 0 Å². The highest BCUT2D eigenvalue weighted by atomic mass is 16.5. The standard InChI is InChI=1S/C27H26N2O3/c1-31-19-9-7-8-17(14-19)27-26-23(28-21-11-4-5-12-22(21)29-27)15-18(16-24(26)30)20-10-3-6-13-25(20)32-2/h3-14,18,27-29H,15-16H2,1-2H3. The van der Waals surface area contributed by atoms with Crippen molar-refractivity contribution in [3.8, 4) is 11.5 Å². The van der Waals surface area contributed by atoms with E-state index in [0.717, 1.165) is 51.7 Å². The summed E-state index contributed by atoms with van der Waals surface area (Å²) in [6.07, 6.45) is 1.18. The Morgan fingerprint density at radius 2 is 1.62 bits per heavy atom. The number of nitrogens with one attached hydrogen (secondary N) is 2. The molecule has 5 rings (SSSR count). The molecule has 2 N–H and O–H groups in total. The molecule has 0 aromatic heterocycles. The zero-order valence-corrected chi connectivity index (χ0v) is 18.2. The minimum atomic E-state index is -0.262. The number of Topliss-reactive ketones (excluding diaryl/α,β-unsaturated/α-hetero) is 1. The van der Waals surface area contributed by atoms with Crippen LogP contribution in [0.15, 0.2) is 84.1 Å². The van der Waals surface area contributed by atoms with Gasteiger partial charge in [0.25, 0.3) is 0 Å². The average Bonchev–Trinajstić information content (AvgIpc) is 3.01. The van der Waals surface area contributed by atoms with E-state index >= 15 is 0 Å². The van der Waals surface area contributed by atoms with Crippen molar-refractivity contribution in [3.05, 3.63) is 95.2 Å². The van der Waals surface area contributed by atoms with E-state index < -0.39 is 0 Å². The third kappa shape index (κ3) is 3.60. The summed E-state index contributed by atoms with van der Waals surface area (Å²) in [7, 11) is 3.34. The predicted molar refractivity (Wildman–Crippen MR) is 126 cm³/mol. The van der Waals surface area contributed by atoms with Gasteiger partial charge in [-0.05, 0) is 47.9 Å². The topological polar surface area (TPSA) is 59.6 Å². The third-order valence-corrected chi connectivity index (χ3v) is 6.31. The minimum Gasteiger partial charge on any atom is -0.497 e. The Bertz CT molecular complexity index is 1200. The molecule has 5 heteroatoms. The molecule has 32 heavy (non-hydrogen) atoms. The molecule has 3 aromatic carbocycles. The molecule has 2 unspecified atom stereocenters. The van der Waals surface area contributed by atoms with Crippen molar-refractivity contribution in [2.45, 2.75) is 24.8 Å². The van der Waals surface area contributed by atoms with Gasteiger partial charge in [0.05, 0.1) is 31.6 Å².